The molecule has 1 aromatic carbocycles. The predicted octanol–water partition coefficient (Wildman–Crippen LogP) is 1.37. The lowest BCUT2D eigenvalue weighted by Crippen LogP contribution is -2.55. The first-order chi connectivity index (χ1) is 9.73. The number of amides is 1. The summed E-state index contributed by atoms with van der Waals surface area (Å²) in [7, 11) is 0. The molecule has 2 aliphatic rings. The molecule has 1 unspecified atom stereocenters. The van der Waals surface area contributed by atoms with E-state index in [0.29, 0.717) is 26.4 Å². The molecule has 20 heavy (non-hydrogen) atoms. The first-order valence-electron chi connectivity index (χ1n) is 6.98. The number of hydrogen-bond acceptors (Lipinski definition) is 4. The molecule has 1 aromatic rings. The average molecular weight is 277 g/mol. The molecule has 0 saturated carbocycles. The molecule has 0 spiro atoms. The maximum atomic E-state index is 12.2. The van der Waals surface area contributed by atoms with Gasteiger partial charge in [0.1, 0.15) is 12.7 Å². The molecule has 1 amide bonds. The Morgan fingerprint density at radius 2 is 2.10 bits per heavy atom. The number of carbonyl (C=O) groups is 1. The Hall–Kier alpha value is -1.75. The van der Waals surface area contributed by atoms with Crippen molar-refractivity contribution < 1.29 is 19.0 Å². The van der Waals surface area contributed by atoms with Gasteiger partial charge < -0.3 is 19.5 Å². The van der Waals surface area contributed by atoms with Gasteiger partial charge in [-0.25, -0.2) is 0 Å². The minimum atomic E-state index is -0.340. The summed E-state index contributed by atoms with van der Waals surface area (Å²) in [5, 5.41) is 2.95. The Balaban J connectivity index is 1.54. The van der Waals surface area contributed by atoms with Crippen molar-refractivity contribution in [3.8, 4) is 11.5 Å². The van der Waals surface area contributed by atoms with Crippen LogP contribution in [0.1, 0.15) is 13.3 Å². The topological polar surface area (TPSA) is 56.8 Å². The van der Waals surface area contributed by atoms with E-state index in [2.05, 4.69) is 5.32 Å². The van der Waals surface area contributed by atoms with Gasteiger partial charge in [0.25, 0.3) is 0 Å². The molecule has 2 heterocycles. The van der Waals surface area contributed by atoms with Gasteiger partial charge in [-0.15, -0.1) is 0 Å². The third-order valence-electron chi connectivity index (χ3n) is 3.97. The van der Waals surface area contributed by atoms with Crippen LogP contribution in [0.25, 0.3) is 0 Å². The summed E-state index contributed by atoms with van der Waals surface area (Å²) in [5.41, 5.74) is -0.340. The van der Waals surface area contributed by atoms with E-state index in [0.717, 1.165) is 17.9 Å². The number of benzene rings is 1. The lowest BCUT2D eigenvalue weighted by atomic mass is 9.82. The van der Waals surface area contributed by atoms with E-state index < -0.39 is 0 Å². The summed E-state index contributed by atoms with van der Waals surface area (Å²) in [4.78, 5) is 12.2. The third kappa shape index (κ3) is 2.33. The lowest BCUT2D eigenvalue weighted by Gasteiger charge is -2.39. The quantitative estimate of drug-likeness (QED) is 0.903. The fourth-order valence-electron chi connectivity index (χ4n) is 2.40. The number of fused-ring (bicyclic) bond motifs is 1. The van der Waals surface area contributed by atoms with Crippen LogP contribution in [0.2, 0.25) is 0 Å². The van der Waals surface area contributed by atoms with E-state index in [-0.39, 0.29) is 17.4 Å². The molecular formula is C15H19NO4. The van der Waals surface area contributed by atoms with Crippen molar-refractivity contribution in [2.24, 2.45) is 5.41 Å². The van der Waals surface area contributed by atoms with E-state index in [1.807, 2.05) is 31.2 Å². The zero-order chi connectivity index (χ0) is 14.0. The van der Waals surface area contributed by atoms with Crippen LogP contribution >= 0.6 is 0 Å². The van der Waals surface area contributed by atoms with Crippen molar-refractivity contribution in [3.63, 3.8) is 0 Å². The summed E-state index contributed by atoms with van der Waals surface area (Å²) >= 11 is 0. The maximum Gasteiger partial charge on any atom is 0.231 e. The van der Waals surface area contributed by atoms with Gasteiger partial charge in [-0.1, -0.05) is 19.1 Å². The van der Waals surface area contributed by atoms with Crippen molar-refractivity contribution >= 4 is 5.91 Å². The second-order valence-corrected chi connectivity index (χ2v) is 5.33. The van der Waals surface area contributed by atoms with E-state index in [4.69, 9.17) is 14.2 Å². The molecule has 5 nitrogen and oxygen atoms in total. The van der Waals surface area contributed by atoms with Gasteiger partial charge in [-0.3, -0.25) is 4.79 Å². The highest BCUT2D eigenvalue weighted by molar-refractivity contribution is 5.83. The summed E-state index contributed by atoms with van der Waals surface area (Å²) in [6.45, 7) is 3.95. The van der Waals surface area contributed by atoms with Gasteiger partial charge in [-0.05, 0) is 18.6 Å². The summed E-state index contributed by atoms with van der Waals surface area (Å²) in [6, 6.07) is 7.56. The Bertz CT molecular complexity index is 493. The normalized spacial score (nSPS) is 22.8. The summed E-state index contributed by atoms with van der Waals surface area (Å²) in [6.07, 6.45) is 0.646. The Kier molecular flexibility index (Phi) is 3.53. The zero-order valence-electron chi connectivity index (χ0n) is 11.6. The lowest BCUT2D eigenvalue weighted by molar-refractivity contribution is -0.162. The number of para-hydroxylation sites is 2. The van der Waals surface area contributed by atoms with Crippen molar-refractivity contribution in [3.05, 3.63) is 24.3 Å². The molecule has 108 valence electrons. The molecule has 1 atom stereocenters. The molecule has 1 fully saturated rings. The van der Waals surface area contributed by atoms with Crippen LogP contribution in [-0.4, -0.2) is 38.4 Å². The molecule has 0 aliphatic carbocycles. The fraction of sp³-hybridized carbons (Fsp3) is 0.533. The first kappa shape index (κ1) is 13.2. The fourth-order valence-corrected chi connectivity index (χ4v) is 2.40. The van der Waals surface area contributed by atoms with E-state index in [1.54, 1.807) is 0 Å². The molecule has 0 bridgehead atoms. The van der Waals surface area contributed by atoms with E-state index in [1.165, 1.54) is 0 Å². The molecule has 1 saturated heterocycles. The molecule has 1 N–H and O–H groups in total. The molecular weight excluding hydrogens is 258 g/mol. The minimum Gasteiger partial charge on any atom is -0.486 e. The molecule has 3 rings (SSSR count). The van der Waals surface area contributed by atoms with Crippen LogP contribution in [0.4, 0.5) is 0 Å². The smallest absolute Gasteiger partial charge is 0.231 e. The summed E-state index contributed by atoms with van der Waals surface area (Å²) in [5.74, 6) is 1.54. The molecule has 0 radical (unpaired) electrons. The van der Waals surface area contributed by atoms with Crippen LogP contribution in [0.3, 0.4) is 0 Å². The van der Waals surface area contributed by atoms with E-state index >= 15 is 0 Å². The van der Waals surface area contributed by atoms with Crippen LogP contribution < -0.4 is 14.8 Å². The van der Waals surface area contributed by atoms with Gasteiger partial charge in [0.15, 0.2) is 11.5 Å². The van der Waals surface area contributed by atoms with Crippen LogP contribution in [0.5, 0.6) is 11.5 Å². The highest BCUT2D eigenvalue weighted by Crippen LogP contribution is 2.32. The Morgan fingerprint density at radius 3 is 2.75 bits per heavy atom. The van der Waals surface area contributed by atoms with Gasteiger partial charge >= 0.3 is 0 Å². The minimum absolute atomic E-state index is 0.0497. The molecule has 0 aromatic heterocycles. The van der Waals surface area contributed by atoms with Gasteiger partial charge in [0.05, 0.1) is 25.2 Å². The van der Waals surface area contributed by atoms with Crippen LogP contribution in [0.15, 0.2) is 24.3 Å². The zero-order valence-corrected chi connectivity index (χ0v) is 11.6. The standard InChI is InChI=1S/C15H19NO4/c1-2-15(9-18-10-15)14(17)16-7-11-8-19-12-5-3-4-6-13(12)20-11/h3-6,11H,2,7-10H2,1H3,(H,16,17). The second kappa shape index (κ2) is 5.32. The third-order valence-corrected chi connectivity index (χ3v) is 3.97. The number of rotatable bonds is 4. The number of nitrogens with one attached hydrogen (secondary N) is 1. The molecule has 5 heteroatoms. The maximum absolute atomic E-state index is 12.2. The van der Waals surface area contributed by atoms with Gasteiger partial charge in [-0.2, -0.15) is 0 Å². The monoisotopic (exact) mass is 277 g/mol. The van der Waals surface area contributed by atoms with Crippen molar-refractivity contribution in [1.29, 1.82) is 0 Å². The number of ether oxygens (including phenoxy) is 3. The largest absolute Gasteiger partial charge is 0.486 e. The number of carbonyl (C=O) groups excluding carboxylic acids is 1. The van der Waals surface area contributed by atoms with Crippen LogP contribution in [0, 0.1) is 5.41 Å². The van der Waals surface area contributed by atoms with E-state index in [9.17, 15) is 4.79 Å². The van der Waals surface area contributed by atoms with Crippen molar-refractivity contribution in [2.75, 3.05) is 26.4 Å². The molecule has 2 aliphatic heterocycles. The van der Waals surface area contributed by atoms with Gasteiger partial charge in [0.2, 0.25) is 5.91 Å². The van der Waals surface area contributed by atoms with Gasteiger partial charge in [0, 0.05) is 0 Å². The van der Waals surface area contributed by atoms with Crippen LogP contribution in [-0.2, 0) is 9.53 Å². The Morgan fingerprint density at radius 1 is 1.35 bits per heavy atom. The first-order valence-corrected chi connectivity index (χ1v) is 6.98. The van der Waals surface area contributed by atoms with Crippen molar-refractivity contribution in [2.45, 2.75) is 19.4 Å². The SMILES string of the molecule is CCC1(C(=O)NCC2COc3ccccc3O2)COC1. The second-order valence-electron chi connectivity index (χ2n) is 5.33. The highest BCUT2D eigenvalue weighted by atomic mass is 16.6. The highest BCUT2D eigenvalue weighted by Gasteiger charge is 2.44. The Labute approximate surface area is 118 Å². The number of hydrogen-bond donors (Lipinski definition) is 1. The summed E-state index contributed by atoms with van der Waals surface area (Å²) < 4.78 is 16.6. The van der Waals surface area contributed by atoms with Crippen molar-refractivity contribution in [1.82, 2.24) is 5.32 Å². The predicted molar refractivity (Wildman–Crippen MR) is 72.9 cm³/mol. The average Bonchev–Trinajstić information content (AvgIpc) is 2.44.